The molecule has 0 aliphatic carbocycles. The number of hydrogen-bond donors (Lipinski definition) is 0. The monoisotopic (exact) mass is 351 g/mol. The Bertz CT molecular complexity index is 1030. The molecule has 3 rings (SSSR count). The largest absolute Gasteiger partial charge is 0.457 e. The highest BCUT2D eigenvalue weighted by Gasteiger charge is 2.13. The number of rotatable bonds is 4. The maximum atomic E-state index is 12.4. The molecule has 5 nitrogen and oxygen atoms in total. The van der Waals surface area contributed by atoms with Crippen molar-refractivity contribution in [3.63, 3.8) is 0 Å². The van der Waals surface area contributed by atoms with Crippen LogP contribution in [-0.2, 0) is 11.3 Å². The highest BCUT2D eigenvalue weighted by molar-refractivity contribution is 5.91. The van der Waals surface area contributed by atoms with Gasteiger partial charge >= 0.3 is 11.6 Å². The van der Waals surface area contributed by atoms with Gasteiger partial charge in [0.2, 0.25) is 0 Å². The van der Waals surface area contributed by atoms with Crippen molar-refractivity contribution in [2.75, 3.05) is 19.0 Å². The minimum absolute atomic E-state index is 0.00955. The standard InChI is InChI=1S/C21H21NO4/c1-13-8-9-18-16(11-19(23)26-20(18)14(13)2)12-25-21(24)15-6-5-7-17(10-15)22(3)4/h5-11H,12H2,1-4H3. The van der Waals surface area contributed by atoms with Crippen molar-refractivity contribution < 1.29 is 13.9 Å². The van der Waals surface area contributed by atoms with E-state index in [-0.39, 0.29) is 6.61 Å². The lowest BCUT2D eigenvalue weighted by Gasteiger charge is -2.13. The van der Waals surface area contributed by atoms with Crippen LogP contribution in [0.15, 0.2) is 51.7 Å². The second-order valence-electron chi connectivity index (χ2n) is 6.50. The minimum Gasteiger partial charge on any atom is -0.457 e. The van der Waals surface area contributed by atoms with Crippen molar-refractivity contribution in [3.8, 4) is 0 Å². The van der Waals surface area contributed by atoms with Gasteiger partial charge in [-0.25, -0.2) is 9.59 Å². The molecule has 0 atom stereocenters. The van der Waals surface area contributed by atoms with Gasteiger partial charge in [0, 0.05) is 36.8 Å². The number of anilines is 1. The molecule has 1 heterocycles. The molecule has 0 bridgehead atoms. The van der Waals surface area contributed by atoms with Gasteiger partial charge in [0.15, 0.2) is 0 Å². The third-order valence-electron chi connectivity index (χ3n) is 4.47. The molecule has 0 spiro atoms. The Kier molecular flexibility index (Phi) is 4.80. The third-order valence-corrected chi connectivity index (χ3v) is 4.47. The molecule has 26 heavy (non-hydrogen) atoms. The highest BCUT2D eigenvalue weighted by Crippen LogP contribution is 2.24. The molecule has 0 saturated carbocycles. The molecule has 0 N–H and O–H groups in total. The lowest BCUT2D eigenvalue weighted by atomic mass is 10.0. The molecule has 0 radical (unpaired) electrons. The molecular formula is C21H21NO4. The summed E-state index contributed by atoms with van der Waals surface area (Å²) in [6, 6.07) is 12.4. The molecule has 3 aromatic rings. The number of ether oxygens (including phenoxy) is 1. The maximum Gasteiger partial charge on any atom is 0.338 e. The van der Waals surface area contributed by atoms with E-state index in [1.54, 1.807) is 12.1 Å². The highest BCUT2D eigenvalue weighted by atomic mass is 16.5. The zero-order chi connectivity index (χ0) is 18.8. The van der Waals surface area contributed by atoms with Crippen molar-refractivity contribution >= 4 is 22.6 Å². The van der Waals surface area contributed by atoms with Crippen molar-refractivity contribution in [1.82, 2.24) is 0 Å². The molecule has 0 unspecified atom stereocenters. The number of fused-ring (bicyclic) bond motifs is 1. The zero-order valence-corrected chi connectivity index (χ0v) is 15.3. The summed E-state index contributed by atoms with van der Waals surface area (Å²) in [5.74, 6) is -0.432. The van der Waals surface area contributed by atoms with Crippen molar-refractivity contribution in [1.29, 1.82) is 0 Å². The Balaban J connectivity index is 1.88. The van der Waals surface area contributed by atoms with Crippen LogP contribution in [0.25, 0.3) is 11.0 Å². The number of carbonyl (C=O) groups excluding carboxylic acids is 1. The predicted molar refractivity (Wildman–Crippen MR) is 102 cm³/mol. The summed E-state index contributed by atoms with van der Waals surface area (Å²) in [7, 11) is 3.81. The lowest BCUT2D eigenvalue weighted by molar-refractivity contribution is 0.0474. The van der Waals surface area contributed by atoms with E-state index in [0.29, 0.717) is 16.7 Å². The van der Waals surface area contributed by atoms with Gasteiger partial charge in [-0.1, -0.05) is 18.2 Å². The molecule has 2 aromatic carbocycles. The smallest absolute Gasteiger partial charge is 0.338 e. The fraction of sp³-hybridized carbons (Fsp3) is 0.238. The molecule has 0 amide bonds. The molecule has 0 saturated heterocycles. The summed E-state index contributed by atoms with van der Waals surface area (Å²) >= 11 is 0. The van der Waals surface area contributed by atoms with Gasteiger partial charge in [0.25, 0.3) is 0 Å². The van der Waals surface area contributed by atoms with E-state index in [1.165, 1.54) is 6.07 Å². The van der Waals surface area contributed by atoms with Crippen LogP contribution in [0.4, 0.5) is 5.69 Å². The molecular weight excluding hydrogens is 330 g/mol. The van der Waals surface area contributed by atoms with Gasteiger partial charge in [-0.2, -0.15) is 0 Å². The van der Waals surface area contributed by atoms with Crippen LogP contribution < -0.4 is 10.5 Å². The molecule has 0 aliphatic rings. The summed E-state index contributed by atoms with van der Waals surface area (Å²) in [4.78, 5) is 26.2. The Morgan fingerprint density at radius 2 is 1.88 bits per heavy atom. The Morgan fingerprint density at radius 3 is 2.62 bits per heavy atom. The summed E-state index contributed by atoms with van der Waals surface area (Å²) in [6.45, 7) is 3.87. The second-order valence-corrected chi connectivity index (χ2v) is 6.50. The van der Waals surface area contributed by atoms with Crippen LogP contribution in [0.2, 0.25) is 0 Å². The number of nitrogens with zero attached hydrogens (tertiary/aromatic N) is 1. The number of aryl methyl sites for hydroxylation is 2. The van der Waals surface area contributed by atoms with Crippen LogP contribution in [-0.4, -0.2) is 20.1 Å². The fourth-order valence-corrected chi connectivity index (χ4v) is 2.78. The first kappa shape index (κ1) is 17.7. The van der Waals surface area contributed by atoms with E-state index in [0.717, 1.165) is 22.2 Å². The van der Waals surface area contributed by atoms with Gasteiger partial charge < -0.3 is 14.1 Å². The minimum atomic E-state index is -0.452. The molecule has 0 aliphatic heterocycles. The number of hydrogen-bond acceptors (Lipinski definition) is 5. The first-order chi connectivity index (χ1) is 12.4. The normalized spacial score (nSPS) is 10.8. The van der Waals surface area contributed by atoms with Crippen LogP contribution >= 0.6 is 0 Å². The van der Waals surface area contributed by atoms with Gasteiger partial charge in [0.05, 0.1) is 5.56 Å². The topological polar surface area (TPSA) is 59.8 Å². The molecule has 1 aromatic heterocycles. The number of esters is 1. The van der Waals surface area contributed by atoms with Crippen LogP contribution in [0, 0.1) is 13.8 Å². The lowest BCUT2D eigenvalue weighted by Crippen LogP contribution is -2.11. The quantitative estimate of drug-likeness (QED) is 0.528. The van der Waals surface area contributed by atoms with E-state index >= 15 is 0 Å². The average Bonchev–Trinajstić information content (AvgIpc) is 2.63. The van der Waals surface area contributed by atoms with Gasteiger partial charge in [-0.3, -0.25) is 0 Å². The fourth-order valence-electron chi connectivity index (χ4n) is 2.78. The summed E-state index contributed by atoms with van der Waals surface area (Å²) < 4.78 is 10.8. The molecule has 5 heteroatoms. The van der Waals surface area contributed by atoms with Gasteiger partial charge in [-0.05, 0) is 43.2 Å². The first-order valence-corrected chi connectivity index (χ1v) is 8.34. The van der Waals surface area contributed by atoms with Gasteiger partial charge in [-0.15, -0.1) is 0 Å². The first-order valence-electron chi connectivity index (χ1n) is 8.34. The van der Waals surface area contributed by atoms with Crippen molar-refractivity contribution in [3.05, 3.63) is 75.1 Å². The zero-order valence-electron chi connectivity index (χ0n) is 15.3. The van der Waals surface area contributed by atoms with E-state index < -0.39 is 11.6 Å². The van der Waals surface area contributed by atoms with Crippen molar-refractivity contribution in [2.24, 2.45) is 0 Å². The average molecular weight is 351 g/mol. The van der Waals surface area contributed by atoms with E-state index in [1.807, 2.05) is 57.1 Å². The number of benzene rings is 2. The summed E-state index contributed by atoms with van der Waals surface area (Å²) in [6.07, 6.45) is 0. The summed E-state index contributed by atoms with van der Waals surface area (Å²) in [5.41, 5.74) is 4.05. The van der Waals surface area contributed by atoms with Crippen LogP contribution in [0.1, 0.15) is 27.0 Å². The van der Waals surface area contributed by atoms with Crippen LogP contribution in [0.5, 0.6) is 0 Å². The Labute approximate surface area is 151 Å². The molecule has 134 valence electrons. The van der Waals surface area contributed by atoms with Crippen molar-refractivity contribution in [2.45, 2.75) is 20.5 Å². The second kappa shape index (κ2) is 7.04. The molecule has 0 fully saturated rings. The SMILES string of the molecule is Cc1ccc2c(COC(=O)c3cccc(N(C)C)c3)cc(=O)oc2c1C. The van der Waals surface area contributed by atoms with Crippen LogP contribution in [0.3, 0.4) is 0 Å². The maximum absolute atomic E-state index is 12.4. The predicted octanol–water partition coefficient (Wildman–Crippen LogP) is 3.83. The Hall–Kier alpha value is -3.08. The number of carbonyl (C=O) groups is 1. The summed E-state index contributed by atoms with van der Waals surface area (Å²) in [5, 5.41) is 0.780. The Morgan fingerprint density at radius 1 is 1.12 bits per heavy atom. The van der Waals surface area contributed by atoms with Gasteiger partial charge in [0.1, 0.15) is 12.2 Å². The third kappa shape index (κ3) is 3.47. The van der Waals surface area contributed by atoms with E-state index in [2.05, 4.69) is 0 Å². The van der Waals surface area contributed by atoms with E-state index in [4.69, 9.17) is 9.15 Å². The van der Waals surface area contributed by atoms with E-state index in [9.17, 15) is 9.59 Å².